The zero-order valence-corrected chi connectivity index (χ0v) is 27.9. The molecule has 1 N–H and O–H groups in total. The summed E-state index contributed by atoms with van der Waals surface area (Å²) in [7, 11) is 0. The molecule has 3 heterocycles. The maximum Gasteiger partial charge on any atom is 0.241 e. The van der Waals surface area contributed by atoms with Crippen molar-refractivity contribution in [2.24, 2.45) is 35.0 Å². The van der Waals surface area contributed by atoms with Crippen LogP contribution in [0.25, 0.3) is 0 Å². The molecule has 0 unspecified atom stereocenters. The van der Waals surface area contributed by atoms with Gasteiger partial charge in [-0.2, -0.15) is 0 Å². The third-order valence-corrected chi connectivity index (χ3v) is 11.7. The van der Waals surface area contributed by atoms with Crippen molar-refractivity contribution in [1.29, 1.82) is 0 Å². The Labute approximate surface area is 288 Å². The fourth-order valence-electron chi connectivity index (χ4n) is 8.56. The third-order valence-electron chi connectivity index (χ3n) is 10.7. The minimum Gasteiger partial charge on any atom is -0.508 e. The molecule has 0 bridgehead atoms. The molecule has 6 atom stereocenters. The zero-order valence-electron chi connectivity index (χ0n) is 25.0. The lowest BCUT2D eigenvalue weighted by Gasteiger charge is -2.49. The number of phenols is 1. The topological polar surface area (TPSA) is 104 Å². The standard InChI is InChI=1S/C36H27ClFIN2O6/c1-36-26(33(44)41(35(36)46)21-6-10-28(38)27(37)14-21)15-25-23(31(36)18-12-17-13-22(42)7-11-29(17)47-16-18)8-9-24-30(25)34(45)40(32(24)43)20-4-2-19(39)3-5-20/h2-8,10-11,13-14,16,24-26,30-31,42H,9,12,15H2,1H3/t24-,25+,26-,30-,31-,36+/m0/s1. The number of nitrogens with zero attached hydrogens (tertiary/aromatic N) is 2. The molecule has 3 aromatic carbocycles. The number of rotatable bonds is 3. The van der Waals surface area contributed by atoms with Gasteiger partial charge >= 0.3 is 0 Å². The Balaban J connectivity index is 1.25. The molecule has 11 heteroatoms. The number of anilines is 2. The minimum absolute atomic E-state index is 0.0659. The van der Waals surface area contributed by atoms with E-state index in [1.54, 1.807) is 37.5 Å². The molecule has 8 nitrogen and oxygen atoms in total. The van der Waals surface area contributed by atoms with Crippen LogP contribution >= 0.6 is 34.2 Å². The number of fused-ring (bicyclic) bond motifs is 5. The Hall–Kier alpha value is -4.03. The highest BCUT2D eigenvalue weighted by molar-refractivity contribution is 14.1. The van der Waals surface area contributed by atoms with Crippen LogP contribution in [0.1, 0.15) is 25.3 Å². The lowest BCUT2D eigenvalue weighted by Crippen LogP contribution is -2.51. The molecule has 238 valence electrons. The van der Waals surface area contributed by atoms with Crippen molar-refractivity contribution in [3.63, 3.8) is 0 Å². The van der Waals surface area contributed by atoms with E-state index >= 15 is 0 Å². The fourth-order valence-corrected chi connectivity index (χ4v) is 9.10. The molecule has 3 aromatic rings. The van der Waals surface area contributed by atoms with Crippen molar-refractivity contribution in [2.45, 2.75) is 26.2 Å². The Morgan fingerprint density at radius 1 is 0.936 bits per heavy atom. The summed E-state index contributed by atoms with van der Waals surface area (Å²) in [6, 6.07) is 15.8. The summed E-state index contributed by atoms with van der Waals surface area (Å²) >= 11 is 8.26. The van der Waals surface area contributed by atoms with E-state index in [0.717, 1.165) is 31.2 Å². The molecule has 0 radical (unpaired) electrons. The average molecular weight is 765 g/mol. The van der Waals surface area contributed by atoms with Crippen LogP contribution in [-0.2, 0) is 25.6 Å². The number of hydrogen-bond donors (Lipinski definition) is 1. The van der Waals surface area contributed by atoms with Crippen molar-refractivity contribution < 1.29 is 33.4 Å². The highest BCUT2D eigenvalue weighted by Gasteiger charge is 2.68. The summed E-state index contributed by atoms with van der Waals surface area (Å²) in [4.78, 5) is 59.4. The summed E-state index contributed by atoms with van der Waals surface area (Å²) in [6.45, 7) is 1.77. The van der Waals surface area contributed by atoms with Gasteiger partial charge in [-0.3, -0.25) is 24.1 Å². The number of ether oxygens (including phenoxy) is 1. The number of carbonyl (C=O) groups is 4. The molecule has 0 aromatic heterocycles. The van der Waals surface area contributed by atoms with Gasteiger partial charge in [0, 0.05) is 21.5 Å². The summed E-state index contributed by atoms with van der Waals surface area (Å²) < 4.78 is 21.1. The molecule has 0 spiro atoms. The fraction of sp³-hybridized carbons (Fsp3) is 0.278. The van der Waals surface area contributed by atoms with Crippen molar-refractivity contribution in [2.75, 3.05) is 9.80 Å². The molecule has 47 heavy (non-hydrogen) atoms. The predicted octanol–water partition coefficient (Wildman–Crippen LogP) is 6.58. The van der Waals surface area contributed by atoms with E-state index in [0.29, 0.717) is 24.3 Å². The van der Waals surface area contributed by atoms with Gasteiger partial charge < -0.3 is 9.84 Å². The first kappa shape index (κ1) is 30.3. The Morgan fingerprint density at radius 2 is 1.68 bits per heavy atom. The van der Waals surface area contributed by atoms with Gasteiger partial charge in [0.15, 0.2) is 0 Å². The van der Waals surface area contributed by atoms with Gasteiger partial charge in [-0.25, -0.2) is 9.29 Å². The third kappa shape index (κ3) is 4.36. The van der Waals surface area contributed by atoms with E-state index in [1.165, 1.54) is 23.1 Å². The molecule has 2 saturated heterocycles. The number of aromatic hydroxyl groups is 1. The summed E-state index contributed by atoms with van der Waals surface area (Å²) in [6.07, 6.45) is 4.41. The molecule has 4 amide bonds. The van der Waals surface area contributed by atoms with E-state index < -0.39 is 52.6 Å². The van der Waals surface area contributed by atoms with Crippen molar-refractivity contribution >= 4 is 69.2 Å². The van der Waals surface area contributed by atoms with E-state index in [2.05, 4.69) is 22.6 Å². The summed E-state index contributed by atoms with van der Waals surface area (Å²) in [5.74, 6) is -4.89. The van der Waals surface area contributed by atoms with Crippen LogP contribution in [0.2, 0.25) is 5.02 Å². The van der Waals surface area contributed by atoms with E-state index in [1.807, 2.05) is 18.2 Å². The minimum atomic E-state index is -1.29. The van der Waals surface area contributed by atoms with E-state index in [4.69, 9.17) is 16.3 Å². The average Bonchev–Trinajstić information content (AvgIpc) is 3.42. The van der Waals surface area contributed by atoms with Gasteiger partial charge in [-0.15, -0.1) is 0 Å². The van der Waals surface area contributed by atoms with Crippen molar-refractivity contribution in [3.05, 3.63) is 104 Å². The summed E-state index contributed by atoms with van der Waals surface area (Å²) in [5, 5.41) is 10.0. The van der Waals surface area contributed by atoms with Crippen molar-refractivity contribution in [1.82, 2.24) is 0 Å². The molecular formula is C36H27ClFIN2O6. The van der Waals surface area contributed by atoms with Gasteiger partial charge in [0.2, 0.25) is 23.6 Å². The van der Waals surface area contributed by atoms with Crippen LogP contribution in [0.5, 0.6) is 11.5 Å². The summed E-state index contributed by atoms with van der Waals surface area (Å²) in [5.41, 5.74) is 1.63. The molecule has 3 aliphatic heterocycles. The Morgan fingerprint density at radius 3 is 2.43 bits per heavy atom. The molecule has 2 aliphatic carbocycles. The van der Waals surface area contributed by atoms with Crippen LogP contribution in [-0.4, -0.2) is 28.7 Å². The lowest BCUT2D eigenvalue weighted by molar-refractivity contribution is -0.132. The number of carbonyl (C=O) groups excluding carboxylic acids is 4. The second-order valence-electron chi connectivity index (χ2n) is 13.0. The zero-order chi connectivity index (χ0) is 32.9. The number of allylic oxidation sites excluding steroid dienone is 3. The Kier molecular flexibility index (Phi) is 6.93. The molecule has 8 rings (SSSR count). The van der Waals surface area contributed by atoms with Gasteiger partial charge in [0.05, 0.1) is 45.8 Å². The van der Waals surface area contributed by atoms with Crippen LogP contribution in [0.15, 0.2) is 84.1 Å². The molecule has 3 fully saturated rings. The van der Waals surface area contributed by atoms with Crippen molar-refractivity contribution in [3.8, 4) is 11.5 Å². The second-order valence-corrected chi connectivity index (χ2v) is 14.7. The number of phenolic OH excluding ortho intramolecular Hbond substituents is 1. The Bertz CT molecular complexity index is 2000. The first-order valence-electron chi connectivity index (χ1n) is 15.3. The van der Waals surface area contributed by atoms with Crippen LogP contribution in [0, 0.1) is 44.4 Å². The highest BCUT2D eigenvalue weighted by atomic mass is 127. The van der Waals surface area contributed by atoms with Gasteiger partial charge in [-0.1, -0.05) is 23.3 Å². The molecule has 5 aliphatic rings. The molecule has 1 saturated carbocycles. The first-order chi connectivity index (χ1) is 22.5. The SMILES string of the molecule is C[C@@]12C(=O)N(c3ccc(F)c(Cl)c3)C(=O)[C@@H]1C[C@@H]1C(=CC[C@@H]3C(=O)N(c4ccc(I)cc4)C(=O)[C@@H]31)[C@@H]2C1=COc2ccc(O)cc2C1. The number of halogens is 3. The highest BCUT2D eigenvalue weighted by Crippen LogP contribution is 2.63. The van der Waals surface area contributed by atoms with Crippen LogP contribution in [0.4, 0.5) is 15.8 Å². The second kappa shape index (κ2) is 10.7. The van der Waals surface area contributed by atoms with E-state index in [-0.39, 0.29) is 34.7 Å². The number of hydrogen-bond acceptors (Lipinski definition) is 6. The molecular weight excluding hydrogens is 738 g/mol. The van der Waals surface area contributed by atoms with Gasteiger partial charge in [-0.05, 0) is 115 Å². The monoisotopic (exact) mass is 764 g/mol. The number of imide groups is 2. The van der Waals surface area contributed by atoms with Gasteiger partial charge in [0.1, 0.15) is 17.3 Å². The van der Waals surface area contributed by atoms with Crippen LogP contribution in [0.3, 0.4) is 0 Å². The number of benzene rings is 3. The normalized spacial score (nSPS) is 29.5. The number of amides is 4. The van der Waals surface area contributed by atoms with Crippen LogP contribution < -0.4 is 14.5 Å². The van der Waals surface area contributed by atoms with Gasteiger partial charge in [0.25, 0.3) is 0 Å². The largest absolute Gasteiger partial charge is 0.508 e. The van der Waals surface area contributed by atoms with E-state index in [9.17, 15) is 28.7 Å². The maximum atomic E-state index is 14.6. The smallest absolute Gasteiger partial charge is 0.241 e. The maximum absolute atomic E-state index is 14.6. The first-order valence-corrected chi connectivity index (χ1v) is 16.8. The predicted molar refractivity (Wildman–Crippen MR) is 179 cm³/mol. The quantitative estimate of drug-likeness (QED) is 0.184. The lowest BCUT2D eigenvalue weighted by atomic mass is 9.51.